The maximum Gasteiger partial charge on any atom is 0.258 e. The molecule has 2 aliphatic rings. The third-order valence-electron chi connectivity index (χ3n) is 6.59. The van der Waals surface area contributed by atoms with Crippen molar-refractivity contribution in [2.75, 3.05) is 16.8 Å². The predicted octanol–water partition coefficient (Wildman–Crippen LogP) is 4.66. The lowest BCUT2D eigenvalue weighted by molar-refractivity contribution is -0.115. The number of carbonyl (C=O) groups excluding carboxylic acids is 2. The Kier molecular flexibility index (Phi) is 5.88. The van der Waals surface area contributed by atoms with E-state index < -0.39 is 0 Å². The Labute approximate surface area is 199 Å². The van der Waals surface area contributed by atoms with Gasteiger partial charge in [0.25, 0.3) is 5.91 Å². The average Bonchev–Trinajstić information content (AvgIpc) is 3.14. The Morgan fingerprint density at radius 3 is 2.53 bits per heavy atom. The van der Waals surface area contributed by atoms with Crippen LogP contribution in [0.4, 0.5) is 11.4 Å². The van der Waals surface area contributed by atoms with E-state index in [1.165, 1.54) is 0 Å². The molecule has 0 saturated carbocycles. The zero-order chi connectivity index (χ0) is 23.7. The van der Waals surface area contributed by atoms with Gasteiger partial charge in [0, 0.05) is 29.0 Å². The van der Waals surface area contributed by atoms with Crippen LogP contribution < -0.4 is 15.5 Å². The summed E-state index contributed by atoms with van der Waals surface area (Å²) in [6, 6.07) is 23.3. The zero-order valence-electron chi connectivity index (χ0n) is 19.4. The van der Waals surface area contributed by atoms with Crippen molar-refractivity contribution in [1.82, 2.24) is 5.32 Å². The van der Waals surface area contributed by atoms with E-state index in [-0.39, 0.29) is 23.9 Å². The smallest absolute Gasteiger partial charge is 0.258 e. The molecule has 3 aromatic rings. The Bertz CT molecular complexity index is 1270. The van der Waals surface area contributed by atoms with Crippen LogP contribution in [-0.4, -0.2) is 30.2 Å². The number of amides is 2. The number of para-hydroxylation sites is 1. The second-order valence-corrected chi connectivity index (χ2v) is 8.94. The van der Waals surface area contributed by atoms with Gasteiger partial charge < -0.3 is 15.5 Å². The lowest BCUT2D eigenvalue weighted by Crippen LogP contribution is -2.35. The van der Waals surface area contributed by atoms with Crippen molar-refractivity contribution in [1.29, 1.82) is 0 Å². The quantitative estimate of drug-likeness (QED) is 0.605. The third kappa shape index (κ3) is 4.31. The van der Waals surface area contributed by atoms with Crippen molar-refractivity contribution < 1.29 is 9.59 Å². The van der Waals surface area contributed by atoms with Crippen molar-refractivity contribution in [2.45, 2.75) is 38.8 Å². The minimum atomic E-state index is -0.0790. The molecule has 0 spiro atoms. The van der Waals surface area contributed by atoms with Crippen LogP contribution in [0.2, 0.25) is 0 Å². The Hall–Kier alpha value is -3.93. The van der Waals surface area contributed by atoms with Crippen LogP contribution in [-0.2, 0) is 11.2 Å². The predicted molar refractivity (Wildman–Crippen MR) is 135 cm³/mol. The van der Waals surface area contributed by atoms with Gasteiger partial charge in [-0.25, -0.2) is 0 Å². The maximum absolute atomic E-state index is 13.5. The van der Waals surface area contributed by atoms with Gasteiger partial charge in [0.1, 0.15) is 0 Å². The minimum absolute atomic E-state index is 0.0276. The highest BCUT2D eigenvalue weighted by Crippen LogP contribution is 2.38. The largest absolute Gasteiger partial charge is 0.369 e. The summed E-state index contributed by atoms with van der Waals surface area (Å²) in [5.74, 6) is 0.820. The molecule has 0 fully saturated rings. The first-order valence-corrected chi connectivity index (χ1v) is 11.7. The molecule has 2 aliphatic heterocycles. The summed E-state index contributed by atoms with van der Waals surface area (Å²) in [5, 5.41) is 6.39. The maximum atomic E-state index is 13.5. The number of carbonyl (C=O) groups is 2. The van der Waals surface area contributed by atoms with Gasteiger partial charge in [-0.2, -0.15) is 0 Å². The van der Waals surface area contributed by atoms with Crippen LogP contribution in [0.3, 0.4) is 0 Å². The summed E-state index contributed by atoms with van der Waals surface area (Å²) in [5.41, 5.74) is 5.35. The van der Waals surface area contributed by atoms with Crippen molar-refractivity contribution in [2.24, 2.45) is 4.99 Å². The van der Waals surface area contributed by atoms with Gasteiger partial charge in [-0.3, -0.25) is 14.6 Å². The van der Waals surface area contributed by atoms with Gasteiger partial charge in [-0.15, -0.1) is 0 Å². The fraction of sp³-hybridized carbons (Fsp3) is 0.250. The van der Waals surface area contributed by atoms with E-state index in [1.54, 1.807) is 24.3 Å². The molecule has 0 bridgehead atoms. The molecule has 0 aromatic heterocycles. The third-order valence-corrected chi connectivity index (χ3v) is 6.59. The molecule has 34 heavy (non-hydrogen) atoms. The van der Waals surface area contributed by atoms with Crippen molar-refractivity contribution in [3.05, 3.63) is 95.1 Å². The number of rotatable bonds is 4. The molecular formula is C28H28N4O2. The van der Waals surface area contributed by atoms with Crippen molar-refractivity contribution in [3.8, 4) is 0 Å². The number of nitrogens with one attached hydrogen (secondary N) is 2. The lowest BCUT2D eigenvalue weighted by atomic mass is 9.99. The van der Waals surface area contributed by atoms with E-state index in [0.717, 1.165) is 34.6 Å². The molecule has 3 aromatic carbocycles. The first-order chi connectivity index (χ1) is 16.5. The average molecular weight is 453 g/mol. The SMILES string of the molecule is CC1=NC2c3ccccc3N(C(=O)c3ccc(NC(=O)Cc4ccccc4C)cc3)CCC2N1. The van der Waals surface area contributed by atoms with Gasteiger partial charge in [0.15, 0.2) is 0 Å². The molecule has 0 radical (unpaired) electrons. The van der Waals surface area contributed by atoms with E-state index in [9.17, 15) is 9.59 Å². The van der Waals surface area contributed by atoms with Crippen LogP contribution in [0.15, 0.2) is 77.8 Å². The number of benzene rings is 3. The van der Waals surface area contributed by atoms with Crippen LogP contribution in [0.25, 0.3) is 0 Å². The molecule has 5 rings (SSSR count). The lowest BCUT2D eigenvalue weighted by Gasteiger charge is -2.23. The van der Waals surface area contributed by atoms with E-state index in [2.05, 4.69) is 16.7 Å². The van der Waals surface area contributed by atoms with Gasteiger partial charge in [0.05, 0.1) is 24.3 Å². The van der Waals surface area contributed by atoms with Crippen LogP contribution in [0.5, 0.6) is 0 Å². The molecule has 0 saturated heterocycles. The topological polar surface area (TPSA) is 73.8 Å². The Morgan fingerprint density at radius 1 is 1.00 bits per heavy atom. The standard InChI is InChI=1S/C28H28N4O2/c1-18-7-3-4-8-21(18)17-26(33)31-22-13-11-20(12-14-22)28(34)32-16-15-24-27(30-19(2)29-24)23-9-5-6-10-25(23)32/h3-14,24,27H,15-17H2,1-2H3,(H,29,30)(H,31,33). The highest BCUT2D eigenvalue weighted by molar-refractivity contribution is 6.07. The Morgan fingerprint density at radius 2 is 1.74 bits per heavy atom. The number of aliphatic imine (C=N–C) groups is 1. The Balaban J connectivity index is 1.32. The van der Waals surface area contributed by atoms with E-state index >= 15 is 0 Å². The summed E-state index contributed by atoms with van der Waals surface area (Å²) in [6.45, 7) is 4.60. The van der Waals surface area contributed by atoms with E-state index in [1.807, 2.05) is 61.2 Å². The van der Waals surface area contributed by atoms with Gasteiger partial charge in [-0.05, 0) is 61.7 Å². The van der Waals surface area contributed by atoms with Gasteiger partial charge in [0.2, 0.25) is 5.91 Å². The highest BCUT2D eigenvalue weighted by atomic mass is 16.2. The molecule has 6 nitrogen and oxygen atoms in total. The second kappa shape index (κ2) is 9.14. The van der Waals surface area contributed by atoms with Gasteiger partial charge >= 0.3 is 0 Å². The number of anilines is 2. The number of amidine groups is 1. The first kappa shape index (κ1) is 21.9. The minimum Gasteiger partial charge on any atom is -0.369 e. The number of fused-ring (bicyclic) bond motifs is 3. The zero-order valence-corrected chi connectivity index (χ0v) is 19.4. The molecule has 2 amide bonds. The fourth-order valence-corrected chi connectivity index (χ4v) is 4.82. The van der Waals surface area contributed by atoms with Crippen LogP contribution >= 0.6 is 0 Å². The monoisotopic (exact) mass is 452 g/mol. The van der Waals surface area contributed by atoms with Crippen molar-refractivity contribution in [3.63, 3.8) is 0 Å². The number of nitrogens with zero attached hydrogens (tertiary/aromatic N) is 2. The normalized spacial score (nSPS) is 18.8. The van der Waals surface area contributed by atoms with Crippen LogP contribution in [0.1, 0.15) is 46.4 Å². The molecule has 0 aliphatic carbocycles. The highest BCUT2D eigenvalue weighted by Gasteiger charge is 2.35. The molecule has 172 valence electrons. The summed E-state index contributed by atoms with van der Waals surface area (Å²) in [7, 11) is 0. The first-order valence-electron chi connectivity index (χ1n) is 11.7. The molecule has 2 unspecified atom stereocenters. The molecule has 2 atom stereocenters. The molecular weight excluding hydrogens is 424 g/mol. The number of hydrogen-bond donors (Lipinski definition) is 2. The summed E-state index contributed by atoms with van der Waals surface area (Å²) in [6.07, 6.45) is 1.13. The summed E-state index contributed by atoms with van der Waals surface area (Å²) >= 11 is 0. The fourth-order valence-electron chi connectivity index (χ4n) is 4.82. The molecule has 2 N–H and O–H groups in total. The molecule has 2 heterocycles. The second-order valence-electron chi connectivity index (χ2n) is 8.94. The number of hydrogen-bond acceptors (Lipinski definition) is 4. The van der Waals surface area contributed by atoms with E-state index in [4.69, 9.17) is 4.99 Å². The number of aryl methyl sites for hydroxylation is 1. The van der Waals surface area contributed by atoms with Gasteiger partial charge in [-0.1, -0.05) is 42.5 Å². The molecule has 6 heteroatoms. The van der Waals surface area contributed by atoms with E-state index in [0.29, 0.717) is 24.2 Å². The summed E-state index contributed by atoms with van der Waals surface area (Å²) < 4.78 is 0. The summed E-state index contributed by atoms with van der Waals surface area (Å²) in [4.78, 5) is 32.6. The van der Waals surface area contributed by atoms with Crippen LogP contribution in [0, 0.1) is 6.92 Å². The van der Waals surface area contributed by atoms with Crippen molar-refractivity contribution >= 4 is 29.0 Å².